The van der Waals surface area contributed by atoms with E-state index in [9.17, 15) is 13.2 Å². The third-order valence-corrected chi connectivity index (χ3v) is 5.13. The van der Waals surface area contributed by atoms with Gasteiger partial charge in [0.2, 0.25) is 15.9 Å². The number of rotatable bonds is 3. The van der Waals surface area contributed by atoms with Gasteiger partial charge in [-0.2, -0.15) is 4.31 Å². The summed E-state index contributed by atoms with van der Waals surface area (Å²) in [5.41, 5.74) is 0.828. The molecule has 1 aliphatic heterocycles. The van der Waals surface area contributed by atoms with Gasteiger partial charge in [-0.25, -0.2) is 18.4 Å². The van der Waals surface area contributed by atoms with Crippen molar-refractivity contribution in [2.75, 3.05) is 51.4 Å². The molecule has 0 saturated carbocycles. The lowest BCUT2D eigenvalue weighted by molar-refractivity contribution is -0.132. The topological polar surface area (TPSA) is 86.7 Å². The van der Waals surface area contributed by atoms with E-state index >= 15 is 0 Å². The second-order valence-electron chi connectivity index (χ2n) is 6.01. The van der Waals surface area contributed by atoms with Gasteiger partial charge in [-0.1, -0.05) is 0 Å². The summed E-state index contributed by atoms with van der Waals surface area (Å²) in [6.07, 6.45) is 2.65. The van der Waals surface area contributed by atoms with Crippen molar-refractivity contribution in [2.45, 2.75) is 6.92 Å². The molecule has 0 aliphatic carbocycles. The molecule has 0 bridgehead atoms. The van der Waals surface area contributed by atoms with Crippen LogP contribution in [0.3, 0.4) is 0 Å². The van der Waals surface area contributed by atoms with Crippen LogP contribution in [0.25, 0.3) is 0 Å². The van der Waals surface area contributed by atoms with Gasteiger partial charge in [0.05, 0.1) is 12.2 Å². The van der Waals surface area contributed by atoms with Gasteiger partial charge in [-0.15, -0.1) is 0 Å². The standard InChI is InChI=1S/C14H23N5O3S/c1-11-7-13(16-10-15-11)18-5-6-19(23(4,21)22)9-12(8-18)14(20)17(2)3/h7,10,12H,5-6,8-9H2,1-4H3. The maximum atomic E-state index is 12.4. The van der Waals surface area contributed by atoms with Crippen molar-refractivity contribution < 1.29 is 13.2 Å². The summed E-state index contributed by atoms with van der Waals surface area (Å²) in [6.45, 7) is 3.31. The molecule has 128 valence electrons. The second-order valence-corrected chi connectivity index (χ2v) is 8.00. The first-order chi connectivity index (χ1) is 10.7. The zero-order valence-electron chi connectivity index (χ0n) is 13.9. The Kier molecular flexibility index (Phi) is 5.20. The second kappa shape index (κ2) is 6.79. The minimum Gasteiger partial charge on any atom is -0.354 e. The lowest BCUT2D eigenvalue weighted by Gasteiger charge is -2.26. The number of hydrogen-bond acceptors (Lipinski definition) is 6. The molecule has 1 amide bonds. The SMILES string of the molecule is Cc1cc(N2CCN(S(C)(=O)=O)CC(C(=O)N(C)C)C2)ncn1. The lowest BCUT2D eigenvalue weighted by atomic mass is 10.1. The summed E-state index contributed by atoms with van der Waals surface area (Å²) < 4.78 is 25.2. The summed E-state index contributed by atoms with van der Waals surface area (Å²) in [7, 11) is 0.00357. The van der Waals surface area contributed by atoms with Crippen molar-refractivity contribution in [2.24, 2.45) is 5.92 Å². The van der Waals surface area contributed by atoms with Crippen LogP contribution in [0.5, 0.6) is 0 Å². The van der Waals surface area contributed by atoms with Gasteiger partial charge in [0.15, 0.2) is 0 Å². The molecular formula is C14H23N5O3S. The van der Waals surface area contributed by atoms with Crippen molar-refractivity contribution in [3.63, 3.8) is 0 Å². The van der Waals surface area contributed by atoms with Gasteiger partial charge in [0.25, 0.3) is 0 Å². The zero-order chi connectivity index (χ0) is 17.2. The summed E-state index contributed by atoms with van der Waals surface area (Å²) in [4.78, 5) is 24.2. The molecule has 0 aromatic carbocycles. The number of nitrogens with zero attached hydrogens (tertiary/aromatic N) is 5. The largest absolute Gasteiger partial charge is 0.354 e. The molecule has 1 unspecified atom stereocenters. The Labute approximate surface area is 137 Å². The molecule has 23 heavy (non-hydrogen) atoms. The van der Waals surface area contributed by atoms with Gasteiger partial charge < -0.3 is 9.80 Å². The van der Waals surface area contributed by atoms with Gasteiger partial charge in [-0.3, -0.25) is 4.79 Å². The summed E-state index contributed by atoms with van der Waals surface area (Å²) in [5.74, 6) is 0.193. The number of anilines is 1. The molecule has 1 saturated heterocycles. The maximum absolute atomic E-state index is 12.4. The fourth-order valence-corrected chi connectivity index (χ4v) is 3.49. The number of amides is 1. The van der Waals surface area contributed by atoms with Crippen LogP contribution in [0.1, 0.15) is 5.69 Å². The Balaban J connectivity index is 2.31. The quantitative estimate of drug-likeness (QED) is 0.742. The van der Waals surface area contributed by atoms with E-state index in [1.54, 1.807) is 14.1 Å². The first-order valence-electron chi connectivity index (χ1n) is 7.38. The van der Waals surface area contributed by atoms with Crippen molar-refractivity contribution in [1.29, 1.82) is 0 Å². The molecule has 0 spiro atoms. The van der Waals surface area contributed by atoms with Gasteiger partial charge >= 0.3 is 0 Å². The lowest BCUT2D eigenvalue weighted by Crippen LogP contribution is -2.42. The monoisotopic (exact) mass is 341 g/mol. The highest BCUT2D eigenvalue weighted by atomic mass is 32.2. The first-order valence-corrected chi connectivity index (χ1v) is 9.23. The van der Waals surface area contributed by atoms with E-state index in [4.69, 9.17) is 0 Å². The zero-order valence-corrected chi connectivity index (χ0v) is 14.7. The fourth-order valence-electron chi connectivity index (χ4n) is 2.63. The summed E-state index contributed by atoms with van der Waals surface area (Å²) in [5, 5.41) is 0. The van der Waals surface area contributed by atoms with Crippen molar-refractivity contribution in [1.82, 2.24) is 19.2 Å². The number of aryl methyl sites for hydroxylation is 1. The van der Waals surface area contributed by atoms with Crippen LogP contribution < -0.4 is 4.90 Å². The Hall–Kier alpha value is -1.74. The van der Waals surface area contributed by atoms with Gasteiger partial charge in [0.1, 0.15) is 12.1 Å². The van der Waals surface area contributed by atoms with Gasteiger partial charge in [0, 0.05) is 52.0 Å². The number of carbonyl (C=O) groups is 1. The van der Waals surface area contributed by atoms with Crippen LogP contribution in [0, 0.1) is 12.8 Å². The fraction of sp³-hybridized carbons (Fsp3) is 0.643. The van der Waals surface area contributed by atoms with Crippen LogP contribution in [-0.2, 0) is 14.8 Å². The van der Waals surface area contributed by atoms with Crippen molar-refractivity contribution in [3.8, 4) is 0 Å². The number of carbonyl (C=O) groups excluding carboxylic acids is 1. The maximum Gasteiger partial charge on any atom is 0.228 e. The molecule has 1 aromatic heterocycles. The van der Waals surface area contributed by atoms with E-state index in [2.05, 4.69) is 9.97 Å². The highest BCUT2D eigenvalue weighted by Crippen LogP contribution is 2.19. The van der Waals surface area contributed by atoms with Crippen LogP contribution in [-0.4, -0.2) is 80.0 Å². The van der Waals surface area contributed by atoms with Crippen LogP contribution in [0.2, 0.25) is 0 Å². The molecule has 0 radical (unpaired) electrons. The predicted molar refractivity (Wildman–Crippen MR) is 87.6 cm³/mol. The van der Waals surface area contributed by atoms with E-state index in [0.29, 0.717) is 25.5 Å². The number of aromatic nitrogens is 2. The number of hydrogen-bond donors (Lipinski definition) is 0. The van der Waals surface area contributed by atoms with E-state index < -0.39 is 15.9 Å². The third-order valence-electron chi connectivity index (χ3n) is 3.86. The molecule has 1 fully saturated rings. The predicted octanol–water partition coefficient (Wildman–Crippen LogP) is -0.429. The molecule has 8 nitrogen and oxygen atoms in total. The van der Waals surface area contributed by atoms with Crippen LogP contribution >= 0.6 is 0 Å². The highest BCUT2D eigenvalue weighted by Gasteiger charge is 2.32. The van der Waals surface area contributed by atoms with Gasteiger partial charge in [-0.05, 0) is 6.92 Å². The Morgan fingerprint density at radius 3 is 2.52 bits per heavy atom. The minimum absolute atomic E-state index is 0.0867. The van der Waals surface area contributed by atoms with E-state index in [-0.39, 0.29) is 12.5 Å². The van der Waals surface area contributed by atoms with Crippen molar-refractivity contribution in [3.05, 3.63) is 18.1 Å². The molecular weight excluding hydrogens is 318 g/mol. The van der Waals surface area contributed by atoms with E-state index in [1.807, 2.05) is 17.9 Å². The molecule has 2 heterocycles. The Morgan fingerprint density at radius 2 is 1.96 bits per heavy atom. The molecule has 0 N–H and O–H groups in total. The summed E-state index contributed by atoms with van der Waals surface area (Å²) in [6, 6.07) is 1.84. The van der Waals surface area contributed by atoms with Crippen molar-refractivity contribution >= 4 is 21.7 Å². The minimum atomic E-state index is -3.35. The molecule has 1 atom stereocenters. The Bertz CT molecular complexity index is 677. The Morgan fingerprint density at radius 1 is 1.26 bits per heavy atom. The van der Waals surface area contributed by atoms with E-state index in [1.165, 1.54) is 21.8 Å². The highest BCUT2D eigenvalue weighted by molar-refractivity contribution is 7.88. The molecule has 2 rings (SSSR count). The smallest absolute Gasteiger partial charge is 0.228 e. The molecule has 9 heteroatoms. The normalized spacial score (nSPS) is 20.2. The van der Waals surface area contributed by atoms with Crippen LogP contribution in [0.15, 0.2) is 12.4 Å². The first kappa shape index (κ1) is 17.6. The number of sulfonamides is 1. The molecule has 1 aliphatic rings. The summed E-state index contributed by atoms with van der Waals surface area (Å²) >= 11 is 0. The van der Waals surface area contributed by atoms with E-state index in [0.717, 1.165) is 5.69 Å². The third kappa shape index (κ3) is 4.38. The molecule has 1 aromatic rings. The average molecular weight is 341 g/mol. The average Bonchev–Trinajstić information content (AvgIpc) is 2.69. The van der Waals surface area contributed by atoms with Crippen LogP contribution in [0.4, 0.5) is 5.82 Å².